The van der Waals surface area contributed by atoms with Gasteiger partial charge in [0.2, 0.25) is 6.23 Å². The van der Waals surface area contributed by atoms with Crippen molar-refractivity contribution < 1.29 is 9.47 Å². The quantitative estimate of drug-likeness (QED) is 0.233. The lowest BCUT2D eigenvalue weighted by atomic mass is 9.96. The normalized spacial score (nSPS) is 18.2. The van der Waals surface area contributed by atoms with E-state index in [-0.39, 0.29) is 6.04 Å². The van der Waals surface area contributed by atoms with Crippen LogP contribution >= 0.6 is 34.8 Å². The van der Waals surface area contributed by atoms with Crippen LogP contribution in [0.2, 0.25) is 15.1 Å². The summed E-state index contributed by atoms with van der Waals surface area (Å²) in [4.78, 5) is 0. The van der Waals surface area contributed by atoms with Crippen molar-refractivity contribution in [2.24, 2.45) is 5.10 Å². The summed E-state index contributed by atoms with van der Waals surface area (Å²) in [5.41, 5.74) is 3.93. The first-order valence-electron chi connectivity index (χ1n) is 13.0. The molecule has 4 nitrogen and oxygen atoms in total. The first-order chi connectivity index (χ1) is 18.0. The highest BCUT2D eigenvalue weighted by Crippen LogP contribution is 2.50. The lowest BCUT2D eigenvalue weighted by Crippen LogP contribution is -2.33. The maximum absolute atomic E-state index is 6.60. The molecule has 0 N–H and O–H groups in total. The Hall–Kier alpha value is -2.40. The van der Waals surface area contributed by atoms with Gasteiger partial charge in [0.15, 0.2) is 0 Å². The molecule has 0 amide bonds. The average molecular weight is 558 g/mol. The van der Waals surface area contributed by atoms with Crippen molar-refractivity contribution in [3.05, 3.63) is 92.4 Å². The smallest absolute Gasteiger partial charge is 0.213 e. The fourth-order valence-electron chi connectivity index (χ4n) is 4.95. The Balaban J connectivity index is 1.35. The molecule has 37 heavy (non-hydrogen) atoms. The van der Waals surface area contributed by atoms with E-state index in [1.807, 2.05) is 59.6 Å². The molecule has 0 radical (unpaired) electrons. The molecule has 0 saturated carbocycles. The van der Waals surface area contributed by atoms with Gasteiger partial charge < -0.3 is 9.47 Å². The molecule has 0 aromatic heterocycles. The highest BCUT2D eigenvalue weighted by molar-refractivity contribution is 6.35. The van der Waals surface area contributed by atoms with E-state index in [0.29, 0.717) is 27.2 Å². The number of hydrogen-bond donors (Lipinski definition) is 0. The number of hydrogen-bond acceptors (Lipinski definition) is 4. The van der Waals surface area contributed by atoms with Gasteiger partial charge in [0.05, 0.1) is 23.4 Å². The van der Waals surface area contributed by atoms with Crippen LogP contribution in [0.3, 0.4) is 0 Å². The zero-order valence-electron chi connectivity index (χ0n) is 20.9. The van der Waals surface area contributed by atoms with Gasteiger partial charge in [-0.3, -0.25) is 0 Å². The number of unbranched alkanes of at least 4 members (excludes halogenated alkanes) is 5. The SMILES string of the molecule is CCCCCCCCOc1ccc([C@@H]2Oc3c(Cl)cc(Cl)cc3[C@@H]3CC(c4ccc(Cl)cc4)=NN32)cc1. The van der Waals surface area contributed by atoms with E-state index in [1.54, 1.807) is 6.07 Å². The first-order valence-corrected chi connectivity index (χ1v) is 14.2. The minimum Gasteiger partial charge on any atom is -0.494 e. The molecule has 2 atom stereocenters. The second-order valence-corrected chi connectivity index (χ2v) is 10.9. The number of fused-ring (bicyclic) bond motifs is 3. The zero-order chi connectivity index (χ0) is 25.8. The molecule has 0 spiro atoms. The Morgan fingerprint density at radius 3 is 2.38 bits per heavy atom. The summed E-state index contributed by atoms with van der Waals surface area (Å²) in [5, 5.41) is 8.81. The van der Waals surface area contributed by atoms with E-state index in [4.69, 9.17) is 49.4 Å². The largest absolute Gasteiger partial charge is 0.494 e. The predicted octanol–water partition coefficient (Wildman–Crippen LogP) is 9.63. The zero-order valence-corrected chi connectivity index (χ0v) is 23.2. The third kappa shape index (κ3) is 6.03. The molecule has 0 fully saturated rings. The van der Waals surface area contributed by atoms with E-state index in [9.17, 15) is 0 Å². The van der Waals surface area contributed by atoms with Crippen molar-refractivity contribution in [2.75, 3.05) is 6.61 Å². The van der Waals surface area contributed by atoms with Gasteiger partial charge in [-0.05, 0) is 60.5 Å². The Kier molecular flexibility index (Phi) is 8.49. The monoisotopic (exact) mass is 556 g/mol. The molecular formula is C30H31Cl3N2O2. The highest BCUT2D eigenvalue weighted by atomic mass is 35.5. The van der Waals surface area contributed by atoms with Gasteiger partial charge in [-0.2, -0.15) is 5.10 Å². The minimum atomic E-state index is -0.423. The summed E-state index contributed by atoms with van der Waals surface area (Å²) in [6, 6.07) is 19.5. The van der Waals surface area contributed by atoms with E-state index in [2.05, 4.69) is 6.92 Å². The van der Waals surface area contributed by atoms with Gasteiger partial charge in [-0.1, -0.05) is 86.0 Å². The Bertz CT molecular complexity index is 1240. The predicted molar refractivity (Wildman–Crippen MR) is 152 cm³/mol. The lowest BCUT2D eigenvalue weighted by molar-refractivity contribution is -0.0189. The number of halogens is 3. The van der Waals surface area contributed by atoms with Gasteiger partial charge in [-0.25, -0.2) is 5.01 Å². The first kappa shape index (κ1) is 26.2. The van der Waals surface area contributed by atoms with Gasteiger partial charge in [-0.15, -0.1) is 0 Å². The minimum absolute atomic E-state index is 0.0423. The molecule has 2 aliphatic heterocycles. The molecule has 7 heteroatoms. The Labute approximate surface area is 234 Å². The number of hydrazone groups is 1. The van der Waals surface area contributed by atoms with Crippen molar-refractivity contribution in [1.29, 1.82) is 0 Å². The molecule has 194 valence electrons. The summed E-state index contributed by atoms with van der Waals surface area (Å²) < 4.78 is 12.5. The van der Waals surface area contributed by atoms with Crippen molar-refractivity contribution in [2.45, 2.75) is 64.1 Å². The van der Waals surface area contributed by atoms with Crippen LogP contribution < -0.4 is 9.47 Å². The third-order valence-electron chi connectivity index (χ3n) is 6.92. The molecule has 0 aliphatic carbocycles. The van der Waals surface area contributed by atoms with Crippen molar-refractivity contribution in [3.63, 3.8) is 0 Å². The Morgan fingerprint density at radius 1 is 0.892 bits per heavy atom. The van der Waals surface area contributed by atoms with Crippen LogP contribution in [0.15, 0.2) is 65.8 Å². The van der Waals surface area contributed by atoms with Crippen LogP contribution in [0.25, 0.3) is 0 Å². The van der Waals surface area contributed by atoms with Gasteiger partial charge in [0, 0.05) is 27.6 Å². The standard InChI is InChI=1S/C30H31Cl3N2O2/c1-2-3-4-5-6-7-16-36-24-14-10-21(11-15-24)30-35-28(25-17-23(32)18-26(33)29(25)37-30)19-27(34-35)20-8-12-22(31)13-9-20/h8-15,17-18,28,30H,2-7,16,19H2,1H3/t28-,30-/m0/s1. The molecule has 0 saturated heterocycles. The number of ether oxygens (including phenoxy) is 2. The van der Waals surface area contributed by atoms with E-state index in [1.165, 1.54) is 32.1 Å². The molecular weight excluding hydrogens is 527 g/mol. The maximum Gasteiger partial charge on any atom is 0.213 e. The highest BCUT2D eigenvalue weighted by Gasteiger charge is 2.42. The fourth-order valence-corrected chi connectivity index (χ4v) is 5.63. The van der Waals surface area contributed by atoms with Crippen LogP contribution in [0.4, 0.5) is 0 Å². The van der Waals surface area contributed by atoms with Crippen LogP contribution in [-0.4, -0.2) is 17.3 Å². The maximum atomic E-state index is 6.60. The van der Waals surface area contributed by atoms with E-state index < -0.39 is 6.23 Å². The number of nitrogens with zero attached hydrogens (tertiary/aromatic N) is 2. The Morgan fingerprint density at radius 2 is 1.62 bits per heavy atom. The molecule has 2 heterocycles. The summed E-state index contributed by atoms with van der Waals surface area (Å²) in [5.74, 6) is 1.52. The van der Waals surface area contributed by atoms with Crippen LogP contribution in [0, 0.1) is 0 Å². The number of benzene rings is 3. The molecule has 0 bridgehead atoms. The molecule has 0 unspecified atom stereocenters. The molecule has 5 rings (SSSR count). The van der Waals surface area contributed by atoms with Crippen molar-refractivity contribution >= 4 is 40.5 Å². The van der Waals surface area contributed by atoms with Crippen molar-refractivity contribution in [3.8, 4) is 11.5 Å². The molecule has 3 aromatic rings. The van der Waals surface area contributed by atoms with E-state index >= 15 is 0 Å². The molecule has 3 aromatic carbocycles. The van der Waals surface area contributed by atoms with Crippen LogP contribution in [0.5, 0.6) is 11.5 Å². The van der Waals surface area contributed by atoms with Crippen LogP contribution in [-0.2, 0) is 0 Å². The summed E-state index contributed by atoms with van der Waals surface area (Å²) in [7, 11) is 0. The second kappa shape index (κ2) is 12.0. The summed E-state index contributed by atoms with van der Waals surface area (Å²) in [6.45, 7) is 2.97. The van der Waals surface area contributed by atoms with E-state index in [0.717, 1.165) is 41.2 Å². The average Bonchev–Trinajstić information content (AvgIpc) is 3.35. The van der Waals surface area contributed by atoms with Crippen molar-refractivity contribution in [1.82, 2.24) is 5.01 Å². The summed E-state index contributed by atoms with van der Waals surface area (Å²) >= 11 is 19.1. The van der Waals surface area contributed by atoms with Gasteiger partial charge in [0.1, 0.15) is 11.5 Å². The third-order valence-corrected chi connectivity index (χ3v) is 7.67. The second-order valence-electron chi connectivity index (χ2n) is 9.61. The summed E-state index contributed by atoms with van der Waals surface area (Å²) in [6.07, 6.45) is 7.75. The van der Waals surface area contributed by atoms with Gasteiger partial charge in [0.25, 0.3) is 0 Å². The lowest BCUT2D eigenvalue weighted by Gasteiger charge is -2.38. The topological polar surface area (TPSA) is 34.1 Å². The number of rotatable bonds is 10. The molecule has 2 aliphatic rings. The van der Waals surface area contributed by atoms with Crippen LogP contribution in [0.1, 0.15) is 80.8 Å². The fraction of sp³-hybridized carbons (Fsp3) is 0.367. The van der Waals surface area contributed by atoms with Gasteiger partial charge >= 0.3 is 0 Å².